The highest BCUT2D eigenvalue weighted by atomic mass is 35.5. The molecule has 0 radical (unpaired) electrons. The average molecular weight is 510 g/mol. The molecule has 6 nitrogen and oxygen atoms in total. The number of pyridine rings is 1. The van der Waals surface area contributed by atoms with Crippen LogP contribution in [0.2, 0.25) is 5.02 Å². The summed E-state index contributed by atoms with van der Waals surface area (Å²) in [7, 11) is 0. The van der Waals surface area contributed by atoms with Gasteiger partial charge in [-0.15, -0.1) is 0 Å². The van der Waals surface area contributed by atoms with E-state index in [0.717, 1.165) is 66.5 Å². The van der Waals surface area contributed by atoms with Crippen LogP contribution in [0, 0.1) is 20.8 Å². The number of benzene rings is 1. The third-order valence-corrected chi connectivity index (χ3v) is 7.99. The van der Waals surface area contributed by atoms with Crippen molar-refractivity contribution in [3.63, 3.8) is 0 Å². The first kappa shape index (κ1) is 24.3. The molecule has 5 rings (SSSR count). The first-order valence-corrected chi connectivity index (χ1v) is 13.0. The SMILES string of the molecule is Cc1c(Cl)cccc1-n1c(C)cc([C@H]2[C@H](c3ccccn3)NC(=S)N2CCN2CCOCC2)c1C. The summed E-state index contributed by atoms with van der Waals surface area (Å²) in [5.41, 5.74) is 6.81. The Morgan fingerprint density at radius 2 is 1.89 bits per heavy atom. The second-order valence-corrected chi connectivity index (χ2v) is 10.1. The van der Waals surface area contributed by atoms with Crippen molar-refractivity contribution in [3.05, 3.63) is 81.9 Å². The van der Waals surface area contributed by atoms with Crippen molar-refractivity contribution in [1.29, 1.82) is 0 Å². The molecule has 0 saturated carbocycles. The number of hydrogen-bond donors (Lipinski definition) is 1. The van der Waals surface area contributed by atoms with Gasteiger partial charge in [-0.3, -0.25) is 9.88 Å². The third-order valence-electron chi connectivity index (χ3n) is 7.23. The minimum Gasteiger partial charge on any atom is -0.379 e. The Labute approximate surface area is 217 Å². The maximum Gasteiger partial charge on any atom is 0.170 e. The van der Waals surface area contributed by atoms with E-state index in [2.05, 4.69) is 58.7 Å². The van der Waals surface area contributed by atoms with Gasteiger partial charge in [0, 0.05) is 54.5 Å². The molecule has 2 atom stereocenters. The average Bonchev–Trinajstić information content (AvgIpc) is 3.35. The van der Waals surface area contributed by atoms with Gasteiger partial charge >= 0.3 is 0 Å². The van der Waals surface area contributed by atoms with E-state index in [1.807, 2.05) is 30.5 Å². The van der Waals surface area contributed by atoms with Crippen LogP contribution in [-0.2, 0) is 4.74 Å². The third kappa shape index (κ3) is 4.70. The fraction of sp³-hybridized carbons (Fsp3) is 0.407. The number of ether oxygens (including phenoxy) is 1. The molecule has 3 aromatic rings. The van der Waals surface area contributed by atoms with Crippen molar-refractivity contribution in [2.45, 2.75) is 32.9 Å². The molecule has 0 aliphatic carbocycles. The van der Waals surface area contributed by atoms with Crippen LogP contribution in [0.25, 0.3) is 5.69 Å². The predicted molar refractivity (Wildman–Crippen MR) is 144 cm³/mol. The van der Waals surface area contributed by atoms with E-state index in [-0.39, 0.29) is 12.1 Å². The number of rotatable bonds is 6. The Kier molecular flexibility index (Phi) is 7.12. The molecular weight excluding hydrogens is 478 g/mol. The molecule has 35 heavy (non-hydrogen) atoms. The molecule has 2 aliphatic rings. The zero-order valence-corrected chi connectivity index (χ0v) is 22.1. The molecule has 2 saturated heterocycles. The van der Waals surface area contributed by atoms with Gasteiger partial charge < -0.3 is 19.5 Å². The maximum atomic E-state index is 6.49. The summed E-state index contributed by atoms with van der Waals surface area (Å²) < 4.78 is 7.85. The summed E-state index contributed by atoms with van der Waals surface area (Å²) in [6.45, 7) is 11.7. The van der Waals surface area contributed by atoms with Crippen molar-refractivity contribution in [3.8, 4) is 5.69 Å². The van der Waals surface area contributed by atoms with Gasteiger partial charge in [0.25, 0.3) is 0 Å². The molecule has 1 aromatic carbocycles. The summed E-state index contributed by atoms with van der Waals surface area (Å²) in [4.78, 5) is 9.50. The van der Waals surface area contributed by atoms with Crippen molar-refractivity contribution in [2.24, 2.45) is 0 Å². The largest absolute Gasteiger partial charge is 0.379 e. The first-order chi connectivity index (χ1) is 17.0. The molecule has 0 amide bonds. The lowest BCUT2D eigenvalue weighted by molar-refractivity contribution is 0.0350. The highest BCUT2D eigenvalue weighted by Gasteiger charge is 2.41. The summed E-state index contributed by atoms with van der Waals surface area (Å²) >= 11 is 12.4. The molecule has 184 valence electrons. The number of halogens is 1. The van der Waals surface area contributed by atoms with E-state index in [1.54, 1.807) is 0 Å². The number of thiocarbonyl (C=S) groups is 1. The zero-order valence-electron chi connectivity index (χ0n) is 20.5. The van der Waals surface area contributed by atoms with E-state index in [4.69, 9.17) is 33.5 Å². The van der Waals surface area contributed by atoms with Gasteiger partial charge in [-0.1, -0.05) is 23.7 Å². The molecular formula is C27H32ClN5OS. The van der Waals surface area contributed by atoms with Crippen LogP contribution in [0.1, 0.15) is 40.3 Å². The molecule has 0 bridgehead atoms. The van der Waals surface area contributed by atoms with Crippen LogP contribution in [0.5, 0.6) is 0 Å². The number of aromatic nitrogens is 2. The lowest BCUT2D eigenvalue weighted by Crippen LogP contribution is -2.42. The fourth-order valence-corrected chi connectivity index (χ4v) is 5.86. The summed E-state index contributed by atoms with van der Waals surface area (Å²) in [6, 6.07) is 14.5. The molecule has 2 aliphatic heterocycles. The van der Waals surface area contributed by atoms with E-state index < -0.39 is 0 Å². The van der Waals surface area contributed by atoms with E-state index in [1.165, 1.54) is 17.0 Å². The van der Waals surface area contributed by atoms with Crippen LogP contribution >= 0.6 is 23.8 Å². The highest BCUT2D eigenvalue weighted by molar-refractivity contribution is 7.80. The van der Waals surface area contributed by atoms with Gasteiger partial charge in [-0.2, -0.15) is 0 Å². The Morgan fingerprint density at radius 3 is 2.63 bits per heavy atom. The summed E-state index contributed by atoms with van der Waals surface area (Å²) in [5.74, 6) is 0. The molecule has 2 aromatic heterocycles. The van der Waals surface area contributed by atoms with Crippen molar-refractivity contribution < 1.29 is 4.74 Å². The van der Waals surface area contributed by atoms with Crippen LogP contribution in [0.15, 0.2) is 48.7 Å². The predicted octanol–water partition coefficient (Wildman–Crippen LogP) is 4.76. The van der Waals surface area contributed by atoms with E-state index in [9.17, 15) is 0 Å². The Morgan fingerprint density at radius 1 is 1.09 bits per heavy atom. The molecule has 4 heterocycles. The van der Waals surface area contributed by atoms with Gasteiger partial charge in [-0.25, -0.2) is 0 Å². The maximum absolute atomic E-state index is 6.49. The van der Waals surface area contributed by atoms with Crippen molar-refractivity contribution in [1.82, 2.24) is 24.7 Å². The van der Waals surface area contributed by atoms with Crippen LogP contribution in [0.4, 0.5) is 0 Å². The van der Waals surface area contributed by atoms with Gasteiger partial charge in [0.05, 0.1) is 31.0 Å². The molecule has 1 N–H and O–H groups in total. The van der Waals surface area contributed by atoms with Gasteiger partial charge in [0.1, 0.15) is 0 Å². The molecule has 8 heteroatoms. The fourth-order valence-electron chi connectivity index (χ4n) is 5.35. The number of nitrogens with zero attached hydrogens (tertiary/aromatic N) is 4. The normalized spacial score (nSPS) is 20.9. The van der Waals surface area contributed by atoms with Crippen LogP contribution < -0.4 is 5.32 Å². The van der Waals surface area contributed by atoms with Gasteiger partial charge in [-0.05, 0) is 74.4 Å². The molecule has 2 fully saturated rings. The number of aryl methyl sites for hydroxylation is 1. The lowest BCUT2D eigenvalue weighted by Gasteiger charge is -2.32. The Bertz CT molecular complexity index is 1210. The smallest absolute Gasteiger partial charge is 0.170 e. The van der Waals surface area contributed by atoms with Crippen LogP contribution in [-0.4, -0.2) is 63.9 Å². The number of morpholine rings is 1. The second-order valence-electron chi connectivity index (χ2n) is 9.32. The van der Waals surface area contributed by atoms with E-state index in [0.29, 0.717) is 0 Å². The first-order valence-electron chi connectivity index (χ1n) is 12.2. The lowest BCUT2D eigenvalue weighted by atomic mass is 9.96. The number of nitrogens with one attached hydrogen (secondary N) is 1. The quantitative estimate of drug-likeness (QED) is 0.484. The summed E-state index contributed by atoms with van der Waals surface area (Å²) in [5, 5.41) is 5.15. The monoisotopic (exact) mass is 509 g/mol. The standard InChI is InChI=1S/C27H32ClN5OS/c1-18-17-21(20(3)33(18)24-9-6-7-22(28)19(24)2)26-25(23-8-4-5-10-29-23)30-27(35)32(26)12-11-31-13-15-34-16-14-31/h4-10,17,25-26H,11-16H2,1-3H3,(H,30,35)/t25-,26-/m0/s1. The topological polar surface area (TPSA) is 45.6 Å². The van der Waals surface area contributed by atoms with E-state index >= 15 is 0 Å². The minimum atomic E-state index is -0.0252. The number of hydrogen-bond acceptors (Lipinski definition) is 4. The minimum absolute atomic E-state index is 0.0252. The summed E-state index contributed by atoms with van der Waals surface area (Å²) in [6.07, 6.45) is 1.85. The molecule has 0 spiro atoms. The Hall–Kier alpha value is -2.45. The van der Waals surface area contributed by atoms with Crippen molar-refractivity contribution in [2.75, 3.05) is 39.4 Å². The highest BCUT2D eigenvalue weighted by Crippen LogP contribution is 2.41. The Balaban J connectivity index is 1.55. The molecule has 0 unspecified atom stereocenters. The van der Waals surface area contributed by atoms with Crippen LogP contribution in [0.3, 0.4) is 0 Å². The van der Waals surface area contributed by atoms with Gasteiger partial charge in [0.15, 0.2) is 5.11 Å². The second kappa shape index (κ2) is 10.3. The van der Waals surface area contributed by atoms with Gasteiger partial charge in [0.2, 0.25) is 0 Å². The zero-order chi connectivity index (χ0) is 24.5. The van der Waals surface area contributed by atoms with Crippen molar-refractivity contribution >= 4 is 28.9 Å².